The van der Waals surface area contributed by atoms with E-state index in [1.165, 1.54) is 0 Å². The van der Waals surface area contributed by atoms with Gasteiger partial charge in [0.05, 0.1) is 11.9 Å². The number of hydrogen-bond donors (Lipinski definition) is 2. The molecule has 0 radical (unpaired) electrons. The summed E-state index contributed by atoms with van der Waals surface area (Å²) in [7, 11) is 3.92. The largest absolute Gasteiger partial charge is 0.376 e. The minimum Gasteiger partial charge on any atom is -0.376 e. The highest BCUT2D eigenvalue weighted by molar-refractivity contribution is 6.18. The Morgan fingerprint density at radius 1 is 1.38 bits per heavy atom. The van der Waals surface area contributed by atoms with Crippen LogP contribution in [0, 0.1) is 5.41 Å². The van der Waals surface area contributed by atoms with Crippen LogP contribution in [0.15, 0.2) is 35.6 Å². The normalized spacial score (nSPS) is 14.8. The Hall–Kier alpha value is -2.17. The number of rotatable bonds is 2. The first-order chi connectivity index (χ1) is 7.58. The number of amidine groups is 2. The summed E-state index contributed by atoms with van der Waals surface area (Å²) in [6, 6.07) is 3.82. The molecule has 1 aromatic rings. The summed E-state index contributed by atoms with van der Waals surface area (Å²) < 4.78 is 0. The van der Waals surface area contributed by atoms with E-state index in [0.717, 1.165) is 5.69 Å². The first kappa shape index (κ1) is 10.4. The monoisotopic (exact) mass is 215 g/mol. The van der Waals surface area contributed by atoms with Crippen molar-refractivity contribution in [3.05, 3.63) is 36.3 Å². The van der Waals surface area contributed by atoms with Crippen LogP contribution in [0.1, 0.15) is 5.69 Å². The summed E-state index contributed by atoms with van der Waals surface area (Å²) >= 11 is 0. The highest BCUT2D eigenvalue weighted by atomic mass is 15.1. The van der Waals surface area contributed by atoms with Crippen LogP contribution in [0.5, 0.6) is 0 Å². The highest BCUT2D eigenvalue weighted by Crippen LogP contribution is 2.12. The maximum Gasteiger partial charge on any atom is 0.158 e. The quantitative estimate of drug-likeness (QED) is 0.773. The first-order valence-corrected chi connectivity index (χ1v) is 4.85. The SMILES string of the molecule is C=C1N=C(c2ccc(N(C)C)cn2)NC1=N. The molecular formula is C11H13N5. The highest BCUT2D eigenvalue weighted by Gasteiger charge is 2.16. The van der Waals surface area contributed by atoms with E-state index in [-0.39, 0.29) is 5.84 Å². The minimum atomic E-state index is 0.230. The summed E-state index contributed by atoms with van der Waals surface area (Å²) in [4.78, 5) is 10.4. The molecule has 0 atom stereocenters. The number of nitrogens with zero attached hydrogens (tertiary/aromatic N) is 3. The van der Waals surface area contributed by atoms with Crippen LogP contribution >= 0.6 is 0 Å². The molecule has 1 aromatic heterocycles. The molecule has 2 rings (SSSR count). The third kappa shape index (κ3) is 1.79. The minimum absolute atomic E-state index is 0.230. The zero-order valence-corrected chi connectivity index (χ0v) is 9.28. The van der Waals surface area contributed by atoms with Crippen molar-refractivity contribution in [2.24, 2.45) is 4.99 Å². The van der Waals surface area contributed by atoms with Crippen molar-refractivity contribution in [2.75, 3.05) is 19.0 Å². The fourth-order valence-corrected chi connectivity index (χ4v) is 1.32. The summed E-state index contributed by atoms with van der Waals surface area (Å²) in [5.74, 6) is 0.814. The first-order valence-electron chi connectivity index (χ1n) is 4.85. The van der Waals surface area contributed by atoms with E-state index < -0.39 is 0 Å². The lowest BCUT2D eigenvalue weighted by atomic mass is 10.3. The Balaban J connectivity index is 2.26. The van der Waals surface area contributed by atoms with Crippen molar-refractivity contribution >= 4 is 17.4 Å². The van der Waals surface area contributed by atoms with Crippen LogP contribution in [-0.2, 0) is 0 Å². The lowest BCUT2D eigenvalue weighted by molar-refractivity contribution is 1.10. The van der Waals surface area contributed by atoms with E-state index >= 15 is 0 Å². The third-order valence-electron chi connectivity index (χ3n) is 2.29. The van der Waals surface area contributed by atoms with Crippen LogP contribution in [0.3, 0.4) is 0 Å². The molecule has 82 valence electrons. The number of aliphatic imine (C=N–C) groups is 1. The van der Waals surface area contributed by atoms with E-state index in [4.69, 9.17) is 5.41 Å². The summed E-state index contributed by atoms with van der Waals surface area (Å²) in [5.41, 5.74) is 2.18. The average molecular weight is 215 g/mol. The number of aromatic nitrogens is 1. The second-order valence-electron chi connectivity index (χ2n) is 3.70. The van der Waals surface area contributed by atoms with E-state index in [9.17, 15) is 0 Å². The van der Waals surface area contributed by atoms with Gasteiger partial charge in [0.2, 0.25) is 0 Å². The lowest BCUT2D eigenvalue weighted by Crippen LogP contribution is -2.25. The Morgan fingerprint density at radius 2 is 2.12 bits per heavy atom. The number of hydrogen-bond acceptors (Lipinski definition) is 4. The van der Waals surface area contributed by atoms with Crippen molar-refractivity contribution in [1.29, 1.82) is 5.41 Å². The van der Waals surface area contributed by atoms with Gasteiger partial charge in [-0.15, -0.1) is 0 Å². The fraction of sp³-hybridized carbons (Fsp3) is 0.182. The van der Waals surface area contributed by atoms with Crippen molar-refractivity contribution in [3.63, 3.8) is 0 Å². The number of pyridine rings is 1. The van der Waals surface area contributed by atoms with Crippen LogP contribution in [0.4, 0.5) is 5.69 Å². The molecule has 0 saturated carbocycles. The molecule has 0 amide bonds. The van der Waals surface area contributed by atoms with Gasteiger partial charge in [-0.2, -0.15) is 0 Å². The third-order valence-corrected chi connectivity index (χ3v) is 2.29. The molecule has 1 aliphatic rings. The van der Waals surface area contributed by atoms with Crippen molar-refractivity contribution in [2.45, 2.75) is 0 Å². The van der Waals surface area contributed by atoms with Gasteiger partial charge >= 0.3 is 0 Å². The van der Waals surface area contributed by atoms with E-state index in [2.05, 4.69) is 21.9 Å². The van der Waals surface area contributed by atoms with Gasteiger partial charge in [-0.05, 0) is 12.1 Å². The standard InChI is InChI=1S/C11H13N5/c1-7-10(12)15-11(14-7)9-5-4-8(6-13-9)16(2)3/h4-6H,1H2,2-3H3,(H2,12,14,15). The van der Waals surface area contributed by atoms with Crippen LogP contribution in [0.25, 0.3) is 0 Å². The van der Waals surface area contributed by atoms with Gasteiger partial charge in [0, 0.05) is 14.1 Å². The Bertz CT molecular complexity index is 470. The van der Waals surface area contributed by atoms with Gasteiger partial charge in [-0.1, -0.05) is 6.58 Å². The zero-order valence-electron chi connectivity index (χ0n) is 9.28. The predicted molar refractivity (Wildman–Crippen MR) is 65.1 cm³/mol. The maximum atomic E-state index is 7.48. The molecular weight excluding hydrogens is 202 g/mol. The molecule has 0 saturated heterocycles. The van der Waals surface area contributed by atoms with Gasteiger partial charge in [0.1, 0.15) is 17.2 Å². The molecule has 0 aromatic carbocycles. The van der Waals surface area contributed by atoms with E-state index in [1.807, 2.05) is 31.1 Å². The molecule has 0 spiro atoms. The van der Waals surface area contributed by atoms with Crippen LogP contribution < -0.4 is 10.2 Å². The number of anilines is 1. The van der Waals surface area contributed by atoms with Gasteiger partial charge in [0.25, 0.3) is 0 Å². The zero-order chi connectivity index (χ0) is 11.7. The van der Waals surface area contributed by atoms with Gasteiger partial charge in [0.15, 0.2) is 5.84 Å². The van der Waals surface area contributed by atoms with Gasteiger partial charge in [-0.25, -0.2) is 4.99 Å². The average Bonchev–Trinajstić information content (AvgIpc) is 2.59. The van der Waals surface area contributed by atoms with Crippen molar-refractivity contribution in [1.82, 2.24) is 10.3 Å². The molecule has 0 fully saturated rings. The Labute approximate surface area is 94.0 Å². The van der Waals surface area contributed by atoms with Gasteiger partial charge < -0.3 is 10.2 Å². The smallest absolute Gasteiger partial charge is 0.158 e. The molecule has 16 heavy (non-hydrogen) atoms. The van der Waals surface area contributed by atoms with Crippen molar-refractivity contribution < 1.29 is 0 Å². The lowest BCUT2D eigenvalue weighted by Gasteiger charge is -2.11. The molecule has 5 heteroatoms. The molecule has 2 heterocycles. The van der Waals surface area contributed by atoms with Crippen LogP contribution in [0.2, 0.25) is 0 Å². The number of nitrogens with one attached hydrogen (secondary N) is 2. The molecule has 2 N–H and O–H groups in total. The Kier molecular flexibility index (Phi) is 2.44. The summed E-state index contributed by atoms with van der Waals surface area (Å²) in [5, 5.41) is 10.3. The molecule has 0 aliphatic carbocycles. The fourth-order valence-electron chi connectivity index (χ4n) is 1.32. The molecule has 0 bridgehead atoms. The summed E-state index contributed by atoms with van der Waals surface area (Å²) in [6.07, 6.45) is 1.77. The second kappa shape index (κ2) is 3.77. The second-order valence-corrected chi connectivity index (χ2v) is 3.70. The molecule has 5 nitrogen and oxygen atoms in total. The topological polar surface area (TPSA) is 64.4 Å². The predicted octanol–water partition coefficient (Wildman–Crippen LogP) is 0.988. The molecule has 1 aliphatic heterocycles. The van der Waals surface area contributed by atoms with Crippen LogP contribution in [-0.4, -0.2) is 30.8 Å². The maximum absolute atomic E-state index is 7.48. The molecule has 0 unspecified atom stereocenters. The van der Waals surface area contributed by atoms with Gasteiger partial charge in [-0.3, -0.25) is 10.4 Å². The summed E-state index contributed by atoms with van der Waals surface area (Å²) in [6.45, 7) is 3.65. The van der Waals surface area contributed by atoms with E-state index in [1.54, 1.807) is 6.20 Å². The Morgan fingerprint density at radius 3 is 2.56 bits per heavy atom. The van der Waals surface area contributed by atoms with Crippen molar-refractivity contribution in [3.8, 4) is 0 Å². The van der Waals surface area contributed by atoms with E-state index in [0.29, 0.717) is 17.2 Å².